The lowest BCUT2D eigenvalue weighted by Crippen LogP contribution is -2.43. The molecule has 0 aromatic rings. The van der Waals surface area contributed by atoms with Gasteiger partial charge in [-0.3, -0.25) is 9.59 Å². The van der Waals surface area contributed by atoms with Crippen LogP contribution in [0.3, 0.4) is 0 Å². The fourth-order valence-corrected chi connectivity index (χ4v) is 1.12. The van der Waals surface area contributed by atoms with Crippen LogP contribution in [0, 0.1) is 11.8 Å². The SMILES string of the molecule is CC(C)CCC(=O)N(N)C(=O)CC(C)C. The Balaban J connectivity index is 4.02. The van der Waals surface area contributed by atoms with Crippen molar-refractivity contribution in [2.24, 2.45) is 17.7 Å². The monoisotopic (exact) mass is 214 g/mol. The second kappa shape index (κ2) is 6.56. The van der Waals surface area contributed by atoms with E-state index in [0.717, 1.165) is 11.4 Å². The van der Waals surface area contributed by atoms with E-state index in [1.165, 1.54) is 0 Å². The molecule has 2 amide bonds. The zero-order chi connectivity index (χ0) is 12.0. The Bertz CT molecular complexity index is 225. The highest BCUT2D eigenvalue weighted by Crippen LogP contribution is 2.07. The van der Waals surface area contributed by atoms with Gasteiger partial charge in [-0.15, -0.1) is 0 Å². The number of nitrogens with zero attached hydrogens (tertiary/aromatic N) is 1. The number of nitrogens with two attached hydrogens (primary N) is 1. The van der Waals surface area contributed by atoms with Crippen molar-refractivity contribution in [3.05, 3.63) is 0 Å². The lowest BCUT2D eigenvalue weighted by Gasteiger charge is -2.16. The van der Waals surface area contributed by atoms with Crippen molar-refractivity contribution < 1.29 is 9.59 Å². The van der Waals surface area contributed by atoms with Gasteiger partial charge in [-0.25, -0.2) is 10.9 Å². The molecule has 0 aromatic carbocycles. The Morgan fingerprint density at radius 3 is 2.00 bits per heavy atom. The summed E-state index contributed by atoms with van der Waals surface area (Å²) in [4.78, 5) is 22.9. The van der Waals surface area contributed by atoms with Crippen LogP contribution < -0.4 is 5.84 Å². The first-order valence-electron chi connectivity index (χ1n) is 5.45. The van der Waals surface area contributed by atoms with Crippen molar-refractivity contribution in [3.63, 3.8) is 0 Å². The molecule has 4 heteroatoms. The lowest BCUT2D eigenvalue weighted by molar-refractivity contribution is -0.145. The number of carbonyl (C=O) groups excluding carboxylic acids is 2. The van der Waals surface area contributed by atoms with E-state index >= 15 is 0 Å². The van der Waals surface area contributed by atoms with Crippen LogP contribution in [0.25, 0.3) is 0 Å². The van der Waals surface area contributed by atoms with E-state index < -0.39 is 0 Å². The van der Waals surface area contributed by atoms with Crippen LogP contribution in [0.2, 0.25) is 0 Å². The van der Waals surface area contributed by atoms with Crippen molar-refractivity contribution in [1.82, 2.24) is 5.01 Å². The van der Waals surface area contributed by atoms with Crippen LogP contribution in [0.1, 0.15) is 47.0 Å². The van der Waals surface area contributed by atoms with Crippen molar-refractivity contribution in [2.75, 3.05) is 0 Å². The summed E-state index contributed by atoms with van der Waals surface area (Å²) in [5.74, 6) is 5.52. The van der Waals surface area contributed by atoms with Gasteiger partial charge in [-0.2, -0.15) is 0 Å². The van der Waals surface area contributed by atoms with Crippen LogP contribution in [-0.2, 0) is 9.59 Å². The summed E-state index contributed by atoms with van der Waals surface area (Å²) in [6, 6.07) is 0. The predicted molar refractivity (Wildman–Crippen MR) is 59.6 cm³/mol. The van der Waals surface area contributed by atoms with E-state index in [2.05, 4.69) is 0 Å². The van der Waals surface area contributed by atoms with Gasteiger partial charge < -0.3 is 0 Å². The molecule has 15 heavy (non-hydrogen) atoms. The zero-order valence-corrected chi connectivity index (χ0v) is 10.1. The quantitative estimate of drug-likeness (QED) is 0.430. The number of hydrogen-bond donors (Lipinski definition) is 1. The van der Waals surface area contributed by atoms with Crippen LogP contribution >= 0.6 is 0 Å². The molecule has 0 heterocycles. The number of hydrogen-bond acceptors (Lipinski definition) is 3. The average Bonchev–Trinajstić information content (AvgIpc) is 2.11. The highest BCUT2D eigenvalue weighted by molar-refractivity contribution is 5.94. The minimum atomic E-state index is -0.293. The molecule has 0 atom stereocenters. The van der Waals surface area contributed by atoms with Crippen LogP contribution in [-0.4, -0.2) is 16.8 Å². The molecular weight excluding hydrogens is 192 g/mol. The van der Waals surface area contributed by atoms with Gasteiger partial charge in [0, 0.05) is 12.8 Å². The first-order chi connectivity index (χ1) is 6.84. The third kappa shape index (κ3) is 6.23. The van der Waals surface area contributed by atoms with E-state index in [1.807, 2.05) is 27.7 Å². The van der Waals surface area contributed by atoms with E-state index in [-0.39, 0.29) is 17.7 Å². The molecule has 88 valence electrons. The first-order valence-corrected chi connectivity index (χ1v) is 5.45. The fourth-order valence-electron chi connectivity index (χ4n) is 1.12. The van der Waals surface area contributed by atoms with Crippen LogP contribution in [0.5, 0.6) is 0 Å². The highest BCUT2D eigenvalue weighted by Gasteiger charge is 2.18. The molecule has 4 nitrogen and oxygen atoms in total. The maximum absolute atomic E-state index is 11.5. The molecule has 0 rings (SSSR count). The average molecular weight is 214 g/mol. The molecular formula is C11H22N2O2. The second-order valence-electron chi connectivity index (χ2n) is 4.69. The fraction of sp³-hybridized carbons (Fsp3) is 0.818. The number of rotatable bonds is 5. The van der Waals surface area contributed by atoms with Gasteiger partial charge in [0.25, 0.3) is 0 Å². The molecule has 0 aromatic heterocycles. The third-order valence-corrected chi connectivity index (χ3v) is 2.06. The molecule has 2 N–H and O–H groups in total. The zero-order valence-electron chi connectivity index (χ0n) is 10.1. The smallest absolute Gasteiger partial charge is 0.243 e. The molecule has 0 saturated carbocycles. The number of amides is 2. The normalized spacial score (nSPS) is 10.9. The van der Waals surface area contributed by atoms with Crippen LogP contribution in [0.15, 0.2) is 0 Å². The second-order valence-corrected chi connectivity index (χ2v) is 4.69. The third-order valence-electron chi connectivity index (χ3n) is 2.06. The number of imide groups is 1. The Morgan fingerprint density at radius 2 is 1.60 bits per heavy atom. The van der Waals surface area contributed by atoms with E-state index in [1.54, 1.807) is 0 Å². The summed E-state index contributed by atoms with van der Waals surface area (Å²) in [6.07, 6.45) is 1.43. The van der Waals surface area contributed by atoms with Crippen molar-refractivity contribution in [3.8, 4) is 0 Å². The molecule has 0 aliphatic carbocycles. The van der Waals surface area contributed by atoms with Gasteiger partial charge >= 0.3 is 0 Å². The van der Waals surface area contributed by atoms with Crippen molar-refractivity contribution >= 4 is 11.8 Å². The molecule has 0 aliphatic rings. The maximum Gasteiger partial charge on any atom is 0.243 e. The lowest BCUT2D eigenvalue weighted by atomic mass is 10.1. The minimum absolute atomic E-state index is 0.224. The molecule has 0 aliphatic heterocycles. The van der Waals surface area contributed by atoms with Gasteiger partial charge in [-0.05, 0) is 18.3 Å². The van der Waals surface area contributed by atoms with Gasteiger partial charge in [-0.1, -0.05) is 27.7 Å². The molecule has 0 saturated heterocycles. The summed E-state index contributed by atoms with van der Waals surface area (Å²) < 4.78 is 0. The van der Waals surface area contributed by atoms with Gasteiger partial charge in [0.2, 0.25) is 11.8 Å². The van der Waals surface area contributed by atoms with E-state index in [0.29, 0.717) is 18.8 Å². The van der Waals surface area contributed by atoms with Crippen molar-refractivity contribution in [2.45, 2.75) is 47.0 Å². The van der Waals surface area contributed by atoms with Crippen molar-refractivity contribution in [1.29, 1.82) is 0 Å². The number of hydrazine groups is 1. The summed E-state index contributed by atoms with van der Waals surface area (Å²) in [5, 5.41) is 0.766. The number of carbonyl (C=O) groups is 2. The van der Waals surface area contributed by atoms with Gasteiger partial charge in [0.05, 0.1) is 0 Å². The Morgan fingerprint density at radius 1 is 1.07 bits per heavy atom. The molecule has 0 radical (unpaired) electrons. The van der Waals surface area contributed by atoms with Crippen LogP contribution in [0.4, 0.5) is 0 Å². The maximum atomic E-state index is 11.5. The Labute approximate surface area is 91.8 Å². The Hall–Kier alpha value is -0.900. The predicted octanol–water partition coefficient (Wildman–Crippen LogP) is 1.70. The van der Waals surface area contributed by atoms with Gasteiger partial charge in [0.1, 0.15) is 0 Å². The molecule has 0 unspecified atom stereocenters. The first kappa shape index (κ1) is 14.1. The molecule has 0 spiro atoms. The minimum Gasteiger partial charge on any atom is -0.273 e. The summed E-state index contributed by atoms with van der Waals surface area (Å²) in [6.45, 7) is 7.91. The largest absolute Gasteiger partial charge is 0.273 e. The Kier molecular flexibility index (Phi) is 6.17. The summed E-state index contributed by atoms with van der Waals surface area (Å²) in [7, 11) is 0. The van der Waals surface area contributed by atoms with Gasteiger partial charge in [0.15, 0.2) is 0 Å². The standard InChI is InChI=1S/C11H22N2O2/c1-8(2)5-6-10(14)13(12)11(15)7-9(3)4/h8-9H,5-7,12H2,1-4H3. The van der Waals surface area contributed by atoms with E-state index in [4.69, 9.17) is 5.84 Å². The van der Waals surface area contributed by atoms with E-state index in [9.17, 15) is 9.59 Å². The topological polar surface area (TPSA) is 63.4 Å². The highest BCUT2D eigenvalue weighted by atomic mass is 16.2. The summed E-state index contributed by atoms with van der Waals surface area (Å²) >= 11 is 0. The summed E-state index contributed by atoms with van der Waals surface area (Å²) in [5.41, 5.74) is 0. The molecule has 0 bridgehead atoms. The molecule has 0 fully saturated rings.